The average molecular weight is 336 g/mol. The van der Waals surface area contributed by atoms with Crippen molar-refractivity contribution >= 4 is 23.4 Å². The summed E-state index contributed by atoms with van der Waals surface area (Å²) in [5.41, 5.74) is 9.46. The molecule has 0 spiro atoms. The minimum atomic E-state index is -0.133. The number of ether oxygens (including phenoxy) is 1. The molecular weight excluding hydrogens is 312 g/mol. The molecule has 2 aromatic carbocycles. The number of nitrogens with zero attached hydrogens (tertiary/aromatic N) is 1. The van der Waals surface area contributed by atoms with E-state index in [1.54, 1.807) is 23.1 Å². The van der Waals surface area contributed by atoms with Crippen molar-refractivity contribution in [3.05, 3.63) is 59.4 Å². The summed E-state index contributed by atoms with van der Waals surface area (Å²) >= 11 is 0. The fraction of sp³-hybridized carbons (Fsp3) is 0.286. The Morgan fingerprint density at radius 2 is 1.88 bits per heavy atom. The fourth-order valence-corrected chi connectivity index (χ4v) is 2.87. The van der Waals surface area contributed by atoms with Gasteiger partial charge in [0, 0.05) is 12.2 Å². The summed E-state index contributed by atoms with van der Waals surface area (Å²) in [5, 5.41) is 0. The van der Waals surface area contributed by atoms with E-state index in [1.807, 2.05) is 18.2 Å². The van der Waals surface area contributed by atoms with Crippen molar-refractivity contribution < 1.29 is 9.53 Å². The Kier molecular flexibility index (Phi) is 4.79. The molecule has 0 aromatic heterocycles. The summed E-state index contributed by atoms with van der Waals surface area (Å²) in [5.74, 6) is 1.20. The molecule has 0 aliphatic carbocycles. The number of rotatable bonds is 4. The first-order valence-corrected chi connectivity index (χ1v) is 8.67. The molecule has 1 aliphatic rings. The van der Waals surface area contributed by atoms with E-state index < -0.39 is 0 Å². The predicted octanol–water partition coefficient (Wildman–Crippen LogP) is 4.25. The zero-order chi connectivity index (χ0) is 18.0. The van der Waals surface area contributed by atoms with E-state index in [4.69, 9.17) is 10.5 Å². The molecule has 25 heavy (non-hydrogen) atoms. The van der Waals surface area contributed by atoms with E-state index in [0.717, 1.165) is 17.7 Å². The van der Waals surface area contributed by atoms with Crippen LogP contribution in [-0.4, -0.2) is 12.5 Å². The van der Waals surface area contributed by atoms with E-state index in [-0.39, 0.29) is 5.91 Å². The van der Waals surface area contributed by atoms with Gasteiger partial charge in [0.25, 0.3) is 5.91 Å². The summed E-state index contributed by atoms with van der Waals surface area (Å²) in [4.78, 5) is 14.7. The lowest BCUT2D eigenvalue weighted by atomic mass is 10.1. The Labute approximate surface area is 148 Å². The second-order valence-electron chi connectivity index (χ2n) is 6.74. The number of benzene rings is 2. The van der Waals surface area contributed by atoms with Crippen LogP contribution < -0.4 is 15.4 Å². The minimum absolute atomic E-state index is 0.133. The molecule has 0 radical (unpaired) electrons. The highest BCUT2D eigenvalue weighted by atomic mass is 16.5. The van der Waals surface area contributed by atoms with Gasteiger partial charge in [0.15, 0.2) is 11.5 Å². The molecule has 3 rings (SSSR count). The summed E-state index contributed by atoms with van der Waals surface area (Å²) in [6, 6.07) is 13.6. The molecule has 1 aliphatic heterocycles. The van der Waals surface area contributed by atoms with Gasteiger partial charge in [-0.15, -0.1) is 0 Å². The maximum Gasteiger partial charge on any atom is 0.294 e. The summed E-state index contributed by atoms with van der Waals surface area (Å²) in [7, 11) is 0. The lowest BCUT2D eigenvalue weighted by Crippen LogP contribution is -2.39. The van der Waals surface area contributed by atoms with Crippen LogP contribution in [0.4, 0.5) is 11.4 Å². The Morgan fingerprint density at radius 3 is 2.52 bits per heavy atom. The van der Waals surface area contributed by atoms with Crippen LogP contribution in [0, 0.1) is 5.92 Å². The number of amides is 1. The van der Waals surface area contributed by atoms with Crippen LogP contribution in [0.5, 0.6) is 5.75 Å². The minimum Gasteiger partial charge on any atom is -0.449 e. The molecule has 1 heterocycles. The van der Waals surface area contributed by atoms with Crippen molar-refractivity contribution in [2.45, 2.75) is 27.2 Å². The van der Waals surface area contributed by atoms with Crippen LogP contribution in [0.3, 0.4) is 0 Å². The number of carbonyl (C=O) groups excluding carboxylic acids is 1. The number of nitrogens with two attached hydrogens (primary N) is 1. The molecule has 0 unspecified atom stereocenters. The molecule has 1 amide bonds. The molecule has 2 N–H and O–H groups in total. The van der Waals surface area contributed by atoms with Gasteiger partial charge in [0.1, 0.15) is 0 Å². The van der Waals surface area contributed by atoms with Crippen LogP contribution in [0.25, 0.3) is 6.08 Å². The van der Waals surface area contributed by atoms with Gasteiger partial charge in [-0.05, 0) is 47.7 Å². The number of anilines is 2. The normalized spacial score (nSPS) is 15.4. The topological polar surface area (TPSA) is 55.6 Å². The molecule has 0 saturated carbocycles. The van der Waals surface area contributed by atoms with E-state index in [2.05, 4.69) is 32.9 Å². The van der Waals surface area contributed by atoms with Crippen molar-refractivity contribution in [1.82, 2.24) is 0 Å². The van der Waals surface area contributed by atoms with E-state index in [9.17, 15) is 4.79 Å². The van der Waals surface area contributed by atoms with Crippen LogP contribution in [0.15, 0.2) is 48.2 Å². The lowest BCUT2D eigenvalue weighted by molar-refractivity contribution is -0.117. The Balaban J connectivity index is 1.99. The van der Waals surface area contributed by atoms with Gasteiger partial charge in [-0.3, -0.25) is 4.79 Å². The summed E-state index contributed by atoms with van der Waals surface area (Å²) in [6.45, 7) is 6.90. The highest BCUT2D eigenvalue weighted by molar-refractivity contribution is 6.10. The van der Waals surface area contributed by atoms with Gasteiger partial charge in [-0.2, -0.15) is 0 Å². The summed E-state index contributed by atoms with van der Waals surface area (Å²) < 4.78 is 5.89. The van der Waals surface area contributed by atoms with E-state index in [0.29, 0.717) is 29.7 Å². The predicted molar refractivity (Wildman–Crippen MR) is 102 cm³/mol. The second kappa shape index (κ2) is 7.01. The Morgan fingerprint density at radius 1 is 1.16 bits per heavy atom. The average Bonchev–Trinajstić information content (AvgIpc) is 2.59. The Hall–Kier alpha value is -2.75. The van der Waals surface area contributed by atoms with Gasteiger partial charge in [0.2, 0.25) is 0 Å². The first-order valence-electron chi connectivity index (χ1n) is 8.67. The summed E-state index contributed by atoms with van der Waals surface area (Å²) in [6.07, 6.45) is 2.79. The van der Waals surface area contributed by atoms with Gasteiger partial charge in [-0.25, -0.2) is 0 Å². The molecule has 130 valence electrons. The third-order valence-corrected chi connectivity index (χ3v) is 4.18. The molecule has 4 nitrogen and oxygen atoms in total. The highest BCUT2D eigenvalue weighted by Crippen LogP contribution is 2.37. The SMILES string of the molecule is CCc1ccc(/C=C2/Oc3ccc(N)cc3N(CC(C)C)C2=O)cc1. The first-order chi connectivity index (χ1) is 12.0. The van der Waals surface area contributed by atoms with E-state index in [1.165, 1.54) is 5.56 Å². The van der Waals surface area contributed by atoms with E-state index >= 15 is 0 Å². The van der Waals surface area contributed by atoms with Crippen molar-refractivity contribution in [1.29, 1.82) is 0 Å². The molecule has 2 aromatic rings. The monoisotopic (exact) mass is 336 g/mol. The number of carbonyl (C=O) groups is 1. The van der Waals surface area contributed by atoms with Crippen LogP contribution in [0.2, 0.25) is 0 Å². The fourth-order valence-electron chi connectivity index (χ4n) is 2.87. The number of hydrogen-bond donors (Lipinski definition) is 1. The molecule has 0 fully saturated rings. The first kappa shape index (κ1) is 17.1. The smallest absolute Gasteiger partial charge is 0.294 e. The maximum atomic E-state index is 13.0. The van der Waals surface area contributed by atoms with Crippen molar-refractivity contribution in [2.75, 3.05) is 17.2 Å². The highest BCUT2D eigenvalue weighted by Gasteiger charge is 2.30. The third kappa shape index (κ3) is 3.68. The van der Waals surface area contributed by atoms with Crippen molar-refractivity contribution in [3.63, 3.8) is 0 Å². The zero-order valence-electron chi connectivity index (χ0n) is 15.0. The quantitative estimate of drug-likeness (QED) is 0.670. The largest absolute Gasteiger partial charge is 0.449 e. The van der Waals surface area contributed by atoms with Crippen LogP contribution in [-0.2, 0) is 11.2 Å². The number of aryl methyl sites for hydroxylation is 1. The van der Waals surface area contributed by atoms with Gasteiger partial charge in [-0.1, -0.05) is 45.0 Å². The maximum absolute atomic E-state index is 13.0. The standard InChI is InChI=1S/C21H24N2O2/c1-4-15-5-7-16(8-6-15)11-20-21(24)23(13-14(2)3)18-12-17(22)9-10-19(18)25-20/h5-12,14H,4,13,22H2,1-3H3/b20-11+. The molecule has 0 saturated heterocycles. The Bertz CT molecular complexity index is 807. The number of fused-ring (bicyclic) bond motifs is 1. The second-order valence-corrected chi connectivity index (χ2v) is 6.74. The van der Waals surface area contributed by atoms with Gasteiger partial charge in [0.05, 0.1) is 5.69 Å². The van der Waals surface area contributed by atoms with Crippen LogP contribution >= 0.6 is 0 Å². The van der Waals surface area contributed by atoms with Crippen molar-refractivity contribution in [3.8, 4) is 5.75 Å². The van der Waals surface area contributed by atoms with Gasteiger partial charge >= 0.3 is 0 Å². The third-order valence-electron chi connectivity index (χ3n) is 4.18. The molecule has 0 atom stereocenters. The van der Waals surface area contributed by atoms with Gasteiger partial charge < -0.3 is 15.4 Å². The van der Waals surface area contributed by atoms with Crippen molar-refractivity contribution in [2.24, 2.45) is 5.92 Å². The van der Waals surface area contributed by atoms with Crippen LogP contribution in [0.1, 0.15) is 31.9 Å². The zero-order valence-corrected chi connectivity index (χ0v) is 15.0. The molecule has 4 heteroatoms. The number of nitrogen functional groups attached to an aromatic ring is 1. The lowest BCUT2D eigenvalue weighted by Gasteiger charge is -2.32. The molecule has 0 bridgehead atoms. The molecular formula is C21H24N2O2. The number of hydrogen-bond acceptors (Lipinski definition) is 3.